The Kier molecular flexibility index (Phi) is 3.97. The first-order valence-corrected chi connectivity index (χ1v) is 6.79. The van der Waals surface area contributed by atoms with Crippen molar-refractivity contribution in [2.75, 3.05) is 0 Å². The van der Waals surface area contributed by atoms with E-state index in [0.29, 0.717) is 0 Å². The highest BCUT2D eigenvalue weighted by atomic mass is 19.4. The molecular weight excluding hydrogens is 350 g/mol. The molecular formula is C15H8F6N4. The molecule has 1 aromatic carbocycles. The quantitative estimate of drug-likeness (QED) is 0.683. The SMILES string of the molecule is FC(F)(F)c1cccc(-c2cccc(-c3nc(C(F)(F)F)n[nH]3)n2)c1. The summed E-state index contributed by atoms with van der Waals surface area (Å²) in [4.78, 5) is 7.37. The summed E-state index contributed by atoms with van der Waals surface area (Å²) in [6, 6.07) is 8.74. The van der Waals surface area contributed by atoms with Gasteiger partial charge in [0.2, 0.25) is 0 Å². The van der Waals surface area contributed by atoms with Crippen molar-refractivity contribution >= 4 is 0 Å². The van der Waals surface area contributed by atoms with E-state index in [1.165, 1.54) is 30.3 Å². The van der Waals surface area contributed by atoms with E-state index in [-0.39, 0.29) is 22.8 Å². The molecule has 0 aliphatic carbocycles. The van der Waals surface area contributed by atoms with Crippen LogP contribution >= 0.6 is 0 Å². The number of aromatic nitrogens is 4. The fraction of sp³-hybridized carbons (Fsp3) is 0.133. The van der Waals surface area contributed by atoms with Crippen LogP contribution in [0.15, 0.2) is 42.5 Å². The maximum absolute atomic E-state index is 12.8. The molecule has 4 nitrogen and oxygen atoms in total. The first-order chi connectivity index (χ1) is 11.6. The molecule has 0 atom stereocenters. The van der Waals surface area contributed by atoms with Gasteiger partial charge in [0, 0.05) is 5.56 Å². The van der Waals surface area contributed by atoms with Gasteiger partial charge < -0.3 is 0 Å². The van der Waals surface area contributed by atoms with Crippen molar-refractivity contribution in [2.45, 2.75) is 12.4 Å². The summed E-state index contributed by atoms with van der Waals surface area (Å²) in [6.45, 7) is 0. The Morgan fingerprint density at radius 2 is 1.44 bits per heavy atom. The fourth-order valence-electron chi connectivity index (χ4n) is 2.09. The second-order valence-electron chi connectivity index (χ2n) is 4.99. The number of nitrogens with zero attached hydrogens (tertiary/aromatic N) is 3. The van der Waals surface area contributed by atoms with Gasteiger partial charge in [-0.1, -0.05) is 18.2 Å². The molecule has 10 heteroatoms. The molecule has 2 aromatic heterocycles. The topological polar surface area (TPSA) is 54.5 Å². The first-order valence-electron chi connectivity index (χ1n) is 6.79. The third kappa shape index (κ3) is 3.62. The lowest BCUT2D eigenvalue weighted by atomic mass is 10.1. The zero-order chi connectivity index (χ0) is 18.2. The lowest BCUT2D eigenvalue weighted by Gasteiger charge is -2.09. The summed E-state index contributed by atoms with van der Waals surface area (Å²) >= 11 is 0. The normalized spacial score (nSPS) is 12.4. The van der Waals surface area contributed by atoms with Crippen LogP contribution in [0, 0.1) is 0 Å². The van der Waals surface area contributed by atoms with Crippen molar-refractivity contribution < 1.29 is 26.3 Å². The number of benzene rings is 1. The summed E-state index contributed by atoms with van der Waals surface area (Å²) < 4.78 is 76.0. The van der Waals surface area contributed by atoms with Gasteiger partial charge in [0.1, 0.15) is 5.69 Å². The van der Waals surface area contributed by atoms with Gasteiger partial charge in [-0.2, -0.15) is 26.3 Å². The van der Waals surface area contributed by atoms with Gasteiger partial charge in [-0.05, 0) is 24.3 Å². The van der Waals surface area contributed by atoms with Crippen LogP contribution < -0.4 is 0 Å². The summed E-state index contributed by atoms with van der Waals surface area (Å²) in [5.74, 6) is -1.59. The van der Waals surface area contributed by atoms with Gasteiger partial charge in [-0.15, -0.1) is 5.10 Å². The van der Waals surface area contributed by atoms with Crippen molar-refractivity contribution in [3.05, 3.63) is 53.9 Å². The molecule has 0 amide bonds. The van der Waals surface area contributed by atoms with Gasteiger partial charge in [-0.3, -0.25) is 5.10 Å². The number of halogens is 6. The van der Waals surface area contributed by atoms with E-state index in [9.17, 15) is 26.3 Å². The monoisotopic (exact) mass is 358 g/mol. The van der Waals surface area contributed by atoms with Crippen LogP contribution in [0.2, 0.25) is 0 Å². The number of hydrogen-bond acceptors (Lipinski definition) is 3. The van der Waals surface area contributed by atoms with Crippen LogP contribution in [0.5, 0.6) is 0 Å². The average molecular weight is 358 g/mol. The number of nitrogens with one attached hydrogen (secondary N) is 1. The van der Waals surface area contributed by atoms with Crippen molar-refractivity contribution in [3.8, 4) is 22.8 Å². The Hall–Kier alpha value is -2.91. The van der Waals surface area contributed by atoms with Gasteiger partial charge in [-0.25, -0.2) is 9.97 Å². The Bertz CT molecular complexity index is 897. The summed E-state index contributed by atoms with van der Waals surface area (Å²) in [6.07, 6.45) is -9.23. The molecule has 0 aliphatic rings. The highest BCUT2D eigenvalue weighted by Gasteiger charge is 2.36. The predicted octanol–water partition coefficient (Wildman–Crippen LogP) is 4.57. The van der Waals surface area contributed by atoms with E-state index >= 15 is 0 Å². The maximum Gasteiger partial charge on any atom is 0.453 e. The highest BCUT2D eigenvalue weighted by molar-refractivity contribution is 5.63. The number of alkyl halides is 6. The van der Waals surface area contributed by atoms with Crippen molar-refractivity contribution in [1.82, 2.24) is 20.2 Å². The maximum atomic E-state index is 12.8. The van der Waals surface area contributed by atoms with E-state index in [1.54, 1.807) is 0 Å². The van der Waals surface area contributed by atoms with Crippen molar-refractivity contribution in [2.24, 2.45) is 0 Å². The van der Waals surface area contributed by atoms with Gasteiger partial charge in [0.15, 0.2) is 5.82 Å². The Balaban J connectivity index is 1.99. The number of rotatable bonds is 2. The Morgan fingerprint density at radius 3 is 2.08 bits per heavy atom. The minimum Gasteiger partial charge on any atom is -0.257 e. The fourth-order valence-corrected chi connectivity index (χ4v) is 2.09. The van der Waals surface area contributed by atoms with Gasteiger partial charge >= 0.3 is 12.4 Å². The molecule has 3 aromatic rings. The third-order valence-electron chi connectivity index (χ3n) is 3.22. The van der Waals surface area contributed by atoms with Crippen LogP contribution in [0.25, 0.3) is 22.8 Å². The molecule has 130 valence electrons. The summed E-state index contributed by atoms with van der Waals surface area (Å²) in [5, 5.41) is 5.18. The molecule has 0 unspecified atom stereocenters. The van der Waals surface area contributed by atoms with Crippen molar-refractivity contribution in [1.29, 1.82) is 0 Å². The largest absolute Gasteiger partial charge is 0.453 e. The number of H-pyrrole nitrogens is 1. The van der Waals surface area contributed by atoms with Crippen LogP contribution in [0.1, 0.15) is 11.4 Å². The van der Waals surface area contributed by atoms with Gasteiger partial charge in [0.25, 0.3) is 5.82 Å². The van der Waals surface area contributed by atoms with Crippen LogP contribution in [-0.2, 0) is 12.4 Å². The molecule has 0 aliphatic heterocycles. The Labute approximate surface area is 136 Å². The molecule has 0 saturated heterocycles. The van der Waals surface area contributed by atoms with E-state index in [0.717, 1.165) is 12.1 Å². The predicted molar refractivity (Wildman–Crippen MR) is 75.1 cm³/mol. The second-order valence-corrected chi connectivity index (χ2v) is 4.99. The average Bonchev–Trinajstić information content (AvgIpc) is 3.05. The minimum atomic E-state index is -4.71. The van der Waals surface area contributed by atoms with Gasteiger partial charge in [0.05, 0.1) is 11.3 Å². The molecule has 3 rings (SSSR count). The standard InChI is InChI=1S/C15H8F6N4/c16-14(17,18)9-4-1-3-8(7-9)10-5-2-6-11(22-10)12-23-13(25-24-12)15(19,20)21/h1-7H,(H,23,24,25). The van der Waals surface area contributed by atoms with Crippen LogP contribution in [0.3, 0.4) is 0 Å². The van der Waals surface area contributed by atoms with Crippen LogP contribution in [-0.4, -0.2) is 20.2 Å². The Morgan fingerprint density at radius 1 is 0.760 bits per heavy atom. The minimum absolute atomic E-state index is 0.0258. The van der Waals surface area contributed by atoms with E-state index < -0.39 is 23.7 Å². The number of aromatic amines is 1. The summed E-state index contributed by atoms with van der Waals surface area (Å²) in [5.41, 5.74) is -0.491. The van der Waals surface area contributed by atoms with Crippen LogP contribution in [0.4, 0.5) is 26.3 Å². The molecule has 25 heavy (non-hydrogen) atoms. The smallest absolute Gasteiger partial charge is 0.257 e. The van der Waals surface area contributed by atoms with E-state index in [1.807, 2.05) is 0 Å². The molecule has 0 radical (unpaired) electrons. The van der Waals surface area contributed by atoms with E-state index in [2.05, 4.69) is 20.2 Å². The molecule has 2 heterocycles. The summed E-state index contributed by atoms with van der Waals surface area (Å²) in [7, 11) is 0. The number of pyridine rings is 1. The molecule has 0 fully saturated rings. The third-order valence-corrected chi connectivity index (χ3v) is 3.22. The molecule has 0 spiro atoms. The lowest BCUT2D eigenvalue weighted by molar-refractivity contribution is -0.144. The molecule has 0 bridgehead atoms. The molecule has 1 N–H and O–H groups in total. The zero-order valence-corrected chi connectivity index (χ0v) is 12.2. The highest BCUT2D eigenvalue weighted by Crippen LogP contribution is 2.32. The second kappa shape index (κ2) is 5.87. The first kappa shape index (κ1) is 16.9. The lowest BCUT2D eigenvalue weighted by Crippen LogP contribution is -2.07. The van der Waals surface area contributed by atoms with E-state index in [4.69, 9.17) is 0 Å². The zero-order valence-electron chi connectivity index (χ0n) is 12.2. The number of hydrogen-bond donors (Lipinski definition) is 1. The van der Waals surface area contributed by atoms with Crippen molar-refractivity contribution in [3.63, 3.8) is 0 Å². The molecule has 0 saturated carbocycles.